The van der Waals surface area contributed by atoms with Crippen LogP contribution >= 0.6 is 0 Å². The normalized spacial score (nSPS) is 36.6. The monoisotopic (exact) mass is 268 g/mol. The number of hydrogen-bond acceptors (Lipinski definition) is 3. The van der Waals surface area contributed by atoms with Crippen LogP contribution in [-0.2, 0) is 9.53 Å². The largest absolute Gasteiger partial charge is 0.480 e. The van der Waals surface area contributed by atoms with E-state index in [1.807, 2.05) is 0 Å². The van der Waals surface area contributed by atoms with E-state index in [0.29, 0.717) is 17.8 Å². The van der Waals surface area contributed by atoms with E-state index in [0.717, 1.165) is 12.8 Å². The Bertz CT molecular complexity index is 339. The Labute approximate surface area is 114 Å². The second-order valence-electron chi connectivity index (χ2n) is 5.71. The van der Waals surface area contributed by atoms with Crippen molar-refractivity contribution >= 4 is 5.97 Å². The fourth-order valence-electron chi connectivity index (χ4n) is 3.30. The second-order valence-corrected chi connectivity index (χ2v) is 5.71. The van der Waals surface area contributed by atoms with Crippen LogP contribution in [0.15, 0.2) is 12.2 Å². The van der Waals surface area contributed by atoms with Gasteiger partial charge in [-0.25, -0.2) is 4.79 Å². The Balaban J connectivity index is 1.74. The lowest BCUT2D eigenvalue weighted by Crippen LogP contribution is -2.30. The number of allylic oxidation sites excluding steroid dienone is 2. The zero-order chi connectivity index (χ0) is 13.8. The van der Waals surface area contributed by atoms with Crippen LogP contribution in [-0.4, -0.2) is 35.0 Å². The van der Waals surface area contributed by atoms with E-state index in [4.69, 9.17) is 9.84 Å². The molecule has 19 heavy (non-hydrogen) atoms. The molecule has 108 valence electrons. The van der Waals surface area contributed by atoms with E-state index in [1.165, 1.54) is 19.3 Å². The van der Waals surface area contributed by atoms with Crippen molar-refractivity contribution in [2.45, 2.75) is 51.2 Å². The van der Waals surface area contributed by atoms with E-state index in [1.54, 1.807) is 0 Å². The number of fused-ring (bicyclic) bond motifs is 1. The summed E-state index contributed by atoms with van der Waals surface area (Å²) in [5.74, 6) is 0.347. The first-order valence-corrected chi connectivity index (χ1v) is 7.33. The second kappa shape index (κ2) is 6.53. The number of rotatable bonds is 8. The predicted octanol–water partition coefficient (Wildman–Crippen LogP) is 2.22. The highest BCUT2D eigenvalue weighted by Gasteiger charge is 2.61. The fraction of sp³-hybridized carbons (Fsp3) is 0.800. The summed E-state index contributed by atoms with van der Waals surface area (Å²) in [7, 11) is 0. The van der Waals surface area contributed by atoms with Gasteiger partial charge in [0.15, 0.2) is 0 Å². The van der Waals surface area contributed by atoms with Gasteiger partial charge in [-0.1, -0.05) is 31.9 Å². The summed E-state index contributed by atoms with van der Waals surface area (Å²) < 4.78 is 5.32. The van der Waals surface area contributed by atoms with Crippen molar-refractivity contribution in [2.75, 3.05) is 6.61 Å². The lowest BCUT2D eigenvalue weighted by atomic mass is 10.1. The van der Waals surface area contributed by atoms with Crippen LogP contribution in [0.5, 0.6) is 0 Å². The van der Waals surface area contributed by atoms with Gasteiger partial charge >= 0.3 is 5.97 Å². The molecule has 0 heterocycles. The van der Waals surface area contributed by atoms with Gasteiger partial charge in [0.1, 0.15) is 6.61 Å². The van der Waals surface area contributed by atoms with Crippen molar-refractivity contribution in [3.8, 4) is 0 Å². The average Bonchev–Trinajstić information content (AvgIpc) is 2.91. The van der Waals surface area contributed by atoms with Gasteiger partial charge < -0.3 is 14.9 Å². The summed E-state index contributed by atoms with van der Waals surface area (Å²) in [4.78, 5) is 10.5. The van der Waals surface area contributed by atoms with Gasteiger partial charge in [0.25, 0.3) is 0 Å². The van der Waals surface area contributed by atoms with Crippen LogP contribution in [0.2, 0.25) is 0 Å². The zero-order valence-electron chi connectivity index (χ0n) is 11.5. The lowest BCUT2D eigenvalue weighted by molar-refractivity contribution is -0.147. The van der Waals surface area contributed by atoms with Crippen LogP contribution in [0, 0.1) is 17.8 Å². The summed E-state index contributed by atoms with van der Waals surface area (Å²) in [5.41, 5.74) is 0. The summed E-state index contributed by atoms with van der Waals surface area (Å²) >= 11 is 0. The van der Waals surface area contributed by atoms with Gasteiger partial charge in [-0.15, -0.1) is 0 Å². The minimum atomic E-state index is -0.969. The standard InChI is InChI=1S/C15H24O4/c1-2-3-4-5-6-7-10-11-8-12(16)15(14(10)11)19-9-13(17)18/h6-7,10-12,14-16H,2-5,8-9H2,1H3,(H,17,18)/t10?,11-,12?,14+,15?/m0/s1. The van der Waals surface area contributed by atoms with Crippen molar-refractivity contribution in [3.05, 3.63) is 12.2 Å². The quantitative estimate of drug-likeness (QED) is 0.523. The van der Waals surface area contributed by atoms with Gasteiger partial charge in [-0.3, -0.25) is 0 Å². The number of carbonyl (C=O) groups is 1. The number of aliphatic hydroxyl groups is 1. The molecule has 0 radical (unpaired) electrons. The topological polar surface area (TPSA) is 66.8 Å². The van der Waals surface area contributed by atoms with Crippen molar-refractivity contribution in [1.82, 2.24) is 0 Å². The Morgan fingerprint density at radius 2 is 2.21 bits per heavy atom. The maximum absolute atomic E-state index is 10.5. The molecule has 0 amide bonds. The van der Waals surface area contributed by atoms with Crippen LogP contribution in [0.1, 0.15) is 39.0 Å². The van der Waals surface area contributed by atoms with Gasteiger partial charge in [-0.2, -0.15) is 0 Å². The third kappa shape index (κ3) is 3.57. The van der Waals surface area contributed by atoms with E-state index < -0.39 is 12.1 Å². The molecule has 2 N–H and O–H groups in total. The van der Waals surface area contributed by atoms with E-state index in [9.17, 15) is 9.90 Å². The van der Waals surface area contributed by atoms with Crippen LogP contribution in [0.4, 0.5) is 0 Å². The fourth-order valence-corrected chi connectivity index (χ4v) is 3.30. The van der Waals surface area contributed by atoms with Crippen LogP contribution < -0.4 is 0 Å². The maximum Gasteiger partial charge on any atom is 0.329 e. The maximum atomic E-state index is 10.5. The zero-order valence-corrected chi connectivity index (χ0v) is 11.5. The molecule has 4 nitrogen and oxygen atoms in total. The molecule has 0 saturated heterocycles. The van der Waals surface area contributed by atoms with E-state index in [2.05, 4.69) is 19.1 Å². The minimum Gasteiger partial charge on any atom is -0.480 e. The smallest absolute Gasteiger partial charge is 0.329 e. The first-order chi connectivity index (χ1) is 9.15. The number of hydrogen-bond donors (Lipinski definition) is 2. The molecule has 0 bridgehead atoms. The number of carboxylic acid groups (broad SMARTS) is 1. The number of aliphatic carboxylic acids is 1. The third-order valence-corrected chi connectivity index (χ3v) is 4.30. The highest BCUT2D eigenvalue weighted by molar-refractivity contribution is 5.68. The SMILES string of the molecule is CCCCCC=CC1[C@H]2C(OCC(=O)O)C(O)C[C@@H]12. The summed E-state index contributed by atoms with van der Waals surface area (Å²) in [5, 5.41) is 18.4. The molecule has 2 saturated carbocycles. The van der Waals surface area contributed by atoms with Gasteiger partial charge in [0, 0.05) is 0 Å². The summed E-state index contributed by atoms with van der Waals surface area (Å²) in [6, 6.07) is 0. The van der Waals surface area contributed by atoms with Gasteiger partial charge in [0.2, 0.25) is 0 Å². The van der Waals surface area contributed by atoms with Crippen LogP contribution in [0.25, 0.3) is 0 Å². The first kappa shape index (κ1) is 14.5. The van der Waals surface area contributed by atoms with Gasteiger partial charge in [-0.05, 0) is 37.0 Å². The predicted molar refractivity (Wildman–Crippen MR) is 71.8 cm³/mol. The molecule has 0 spiro atoms. The van der Waals surface area contributed by atoms with E-state index >= 15 is 0 Å². The molecular weight excluding hydrogens is 244 g/mol. The van der Waals surface area contributed by atoms with E-state index in [-0.39, 0.29) is 12.7 Å². The third-order valence-electron chi connectivity index (χ3n) is 4.30. The molecule has 2 fully saturated rings. The molecule has 2 aliphatic rings. The number of carboxylic acids is 1. The Morgan fingerprint density at radius 3 is 2.89 bits per heavy atom. The summed E-state index contributed by atoms with van der Waals surface area (Å²) in [6.07, 6.45) is 9.31. The molecule has 3 unspecified atom stereocenters. The van der Waals surface area contributed by atoms with Crippen molar-refractivity contribution in [1.29, 1.82) is 0 Å². The van der Waals surface area contributed by atoms with Gasteiger partial charge in [0.05, 0.1) is 12.2 Å². The Morgan fingerprint density at radius 1 is 1.42 bits per heavy atom. The van der Waals surface area contributed by atoms with Crippen molar-refractivity contribution in [3.63, 3.8) is 0 Å². The average molecular weight is 268 g/mol. The molecule has 0 aliphatic heterocycles. The number of unbranched alkanes of at least 4 members (excludes halogenated alkanes) is 3. The Hall–Kier alpha value is -0.870. The first-order valence-electron chi connectivity index (χ1n) is 7.33. The summed E-state index contributed by atoms with van der Waals surface area (Å²) in [6.45, 7) is 1.89. The lowest BCUT2D eigenvalue weighted by Gasteiger charge is -2.18. The molecule has 2 aliphatic carbocycles. The molecule has 0 aromatic carbocycles. The molecule has 5 atom stereocenters. The highest BCUT2D eigenvalue weighted by atomic mass is 16.5. The number of aliphatic hydroxyl groups excluding tert-OH is 1. The molecule has 2 rings (SSSR count). The molecule has 0 aromatic heterocycles. The Kier molecular flexibility index (Phi) is 4.99. The van der Waals surface area contributed by atoms with Crippen molar-refractivity contribution in [2.24, 2.45) is 17.8 Å². The van der Waals surface area contributed by atoms with Crippen LogP contribution in [0.3, 0.4) is 0 Å². The number of ether oxygens (including phenoxy) is 1. The molecule has 4 heteroatoms. The molecular formula is C15H24O4. The minimum absolute atomic E-state index is 0.286. The highest BCUT2D eigenvalue weighted by Crippen LogP contribution is 2.59. The van der Waals surface area contributed by atoms with Crippen molar-refractivity contribution < 1.29 is 19.7 Å². The molecule has 0 aromatic rings.